The molecule has 224 valence electrons. The minimum absolute atomic E-state index is 0.281. The van der Waals surface area contributed by atoms with Gasteiger partial charge in [0.25, 0.3) is 0 Å². The molecular weight excluding hydrogens is 689 g/mol. The van der Waals surface area contributed by atoms with Crippen LogP contribution in [0.3, 0.4) is 0 Å². The monoisotopic (exact) mass is 714 g/mol. The summed E-state index contributed by atoms with van der Waals surface area (Å²) in [4.78, 5) is 11.2. The molecule has 0 unspecified atom stereocenters. The standard InChI is InChI=1S/C36H26O2S7/c37-45(38,35-21-17-33(18-22-35)43-31-13-9-29(10-14-31)41-27-5-1-25(39)2-6-27)36-23-19-34(20-24-36)44-32-15-11-30(12-16-32)42-28-7-3-26(40)4-8-28/h1-24,39-40H. The SMILES string of the molecule is O=S(=O)(c1ccc(Sc2ccc(Sc3ccc(S)cc3)cc2)cc1)c1ccc(Sc2ccc(Sc3ccc(S)cc3)cc2)cc1. The highest BCUT2D eigenvalue weighted by molar-refractivity contribution is 8.00. The predicted octanol–water partition coefficient (Wildman–Crippen LogP) is 11.7. The minimum Gasteiger partial charge on any atom is -0.219 e. The van der Waals surface area contributed by atoms with Gasteiger partial charge in [-0.2, -0.15) is 0 Å². The number of hydrogen-bond acceptors (Lipinski definition) is 8. The van der Waals surface area contributed by atoms with E-state index in [9.17, 15) is 8.42 Å². The van der Waals surface area contributed by atoms with Gasteiger partial charge in [-0.15, -0.1) is 25.3 Å². The summed E-state index contributed by atoms with van der Waals surface area (Å²) in [5.41, 5.74) is 0. The normalized spacial score (nSPS) is 11.4. The molecule has 0 bridgehead atoms. The van der Waals surface area contributed by atoms with Gasteiger partial charge in [-0.3, -0.25) is 0 Å². The molecule has 45 heavy (non-hydrogen) atoms. The zero-order valence-electron chi connectivity index (χ0n) is 23.6. The Labute approximate surface area is 292 Å². The van der Waals surface area contributed by atoms with Crippen LogP contribution >= 0.6 is 72.3 Å². The fourth-order valence-electron chi connectivity index (χ4n) is 4.23. The van der Waals surface area contributed by atoms with Gasteiger partial charge >= 0.3 is 0 Å². The van der Waals surface area contributed by atoms with Crippen LogP contribution in [0.15, 0.2) is 204 Å². The van der Waals surface area contributed by atoms with Crippen molar-refractivity contribution in [1.82, 2.24) is 0 Å². The van der Waals surface area contributed by atoms with Gasteiger partial charge in [0.2, 0.25) is 9.84 Å². The molecule has 0 saturated carbocycles. The molecule has 0 radical (unpaired) electrons. The van der Waals surface area contributed by atoms with Crippen LogP contribution in [-0.4, -0.2) is 8.42 Å². The van der Waals surface area contributed by atoms with Crippen LogP contribution in [0.2, 0.25) is 0 Å². The topological polar surface area (TPSA) is 34.1 Å². The van der Waals surface area contributed by atoms with E-state index in [4.69, 9.17) is 0 Å². The Morgan fingerprint density at radius 3 is 0.711 bits per heavy atom. The lowest BCUT2D eigenvalue weighted by molar-refractivity contribution is 0.596. The van der Waals surface area contributed by atoms with Crippen LogP contribution in [0, 0.1) is 0 Å². The van der Waals surface area contributed by atoms with Gasteiger partial charge in [-0.25, -0.2) is 8.42 Å². The fourth-order valence-corrected chi connectivity index (χ4v) is 9.06. The Kier molecular flexibility index (Phi) is 10.7. The van der Waals surface area contributed by atoms with Gasteiger partial charge in [-0.05, 0) is 146 Å². The summed E-state index contributed by atoms with van der Waals surface area (Å²) in [5, 5.41) is 0. The Morgan fingerprint density at radius 1 is 0.311 bits per heavy atom. The van der Waals surface area contributed by atoms with Gasteiger partial charge in [0.1, 0.15) is 0 Å². The molecule has 6 aromatic rings. The molecule has 2 nitrogen and oxygen atoms in total. The van der Waals surface area contributed by atoms with Gasteiger partial charge in [0.05, 0.1) is 9.79 Å². The first kappa shape index (κ1) is 32.3. The molecule has 0 aliphatic rings. The highest BCUT2D eigenvalue weighted by atomic mass is 32.2. The van der Waals surface area contributed by atoms with Crippen molar-refractivity contribution in [2.75, 3.05) is 0 Å². The number of sulfone groups is 1. The summed E-state index contributed by atoms with van der Waals surface area (Å²) < 4.78 is 26.7. The third-order valence-electron chi connectivity index (χ3n) is 6.53. The van der Waals surface area contributed by atoms with Crippen LogP contribution in [0.1, 0.15) is 0 Å². The summed E-state index contributed by atoms with van der Waals surface area (Å²) in [6.45, 7) is 0. The molecule has 0 saturated heterocycles. The van der Waals surface area contributed by atoms with Crippen LogP contribution < -0.4 is 0 Å². The van der Waals surface area contributed by atoms with Crippen LogP contribution in [0.5, 0.6) is 0 Å². The molecule has 0 amide bonds. The minimum atomic E-state index is -3.63. The molecular formula is C36H26O2S7. The Balaban J connectivity index is 1.05. The van der Waals surface area contributed by atoms with Crippen molar-refractivity contribution >= 4 is 82.1 Å². The first-order valence-electron chi connectivity index (χ1n) is 13.7. The average Bonchev–Trinajstić information content (AvgIpc) is 3.06. The third-order valence-corrected chi connectivity index (χ3v) is 13.0. The second-order valence-electron chi connectivity index (χ2n) is 9.79. The summed E-state index contributed by atoms with van der Waals surface area (Å²) in [6.07, 6.45) is 0. The van der Waals surface area contributed by atoms with Gasteiger partial charge in [0, 0.05) is 49.0 Å². The van der Waals surface area contributed by atoms with Crippen LogP contribution in [-0.2, 0) is 9.84 Å². The van der Waals surface area contributed by atoms with Crippen molar-refractivity contribution < 1.29 is 8.42 Å². The Bertz CT molecular complexity index is 1830. The molecule has 0 heterocycles. The summed E-state index contributed by atoms with van der Waals surface area (Å²) >= 11 is 15.3. The number of thiol groups is 2. The fraction of sp³-hybridized carbons (Fsp3) is 0. The third kappa shape index (κ3) is 8.80. The lowest BCUT2D eigenvalue weighted by Crippen LogP contribution is -2.01. The highest BCUT2D eigenvalue weighted by Gasteiger charge is 2.18. The Morgan fingerprint density at radius 2 is 0.489 bits per heavy atom. The molecule has 0 aromatic heterocycles. The van der Waals surface area contributed by atoms with E-state index in [0.29, 0.717) is 0 Å². The van der Waals surface area contributed by atoms with Gasteiger partial charge < -0.3 is 0 Å². The average molecular weight is 715 g/mol. The first-order chi connectivity index (χ1) is 21.8. The quantitative estimate of drug-likeness (QED) is 0.138. The van der Waals surface area contributed by atoms with E-state index in [1.165, 1.54) is 0 Å². The highest BCUT2D eigenvalue weighted by Crippen LogP contribution is 2.35. The summed E-state index contributed by atoms with van der Waals surface area (Å²) in [6, 6.07) is 47.1. The molecule has 0 N–H and O–H groups in total. The van der Waals surface area contributed by atoms with Crippen molar-refractivity contribution in [2.45, 2.75) is 58.7 Å². The zero-order valence-corrected chi connectivity index (χ0v) is 29.5. The van der Waals surface area contributed by atoms with E-state index in [2.05, 4.69) is 98.1 Å². The van der Waals surface area contributed by atoms with Gasteiger partial charge in [-0.1, -0.05) is 47.0 Å². The number of benzene rings is 6. The van der Waals surface area contributed by atoms with Crippen molar-refractivity contribution in [3.05, 3.63) is 146 Å². The summed E-state index contributed by atoms with van der Waals surface area (Å²) in [5.74, 6) is 0. The largest absolute Gasteiger partial charge is 0.219 e. The zero-order chi connectivity index (χ0) is 31.2. The predicted molar refractivity (Wildman–Crippen MR) is 195 cm³/mol. The van der Waals surface area contributed by atoms with E-state index >= 15 is 0 Å². The first-order valence-corrected chi connectivity index (χ1v) is 19.4. The molecule has 0 aliphatic heterocycles. The van der Waals surface area contributed by atoms with Crippen LogP contribution in [0.25, 0.3) is 0 Å². The van der Waals surface area contributed by atoms with E-state index < -0.39 is 9.84 Å². The molecule has 0 aliphatic carbocycles. The van der Waals surface area contributed by atoms with E-state index in [1.807, 2.05) is 48.5 Å². The molecule has 6 aromatic carbocycles. The maximum atomic E-state index is 13.4. The lowest BCUT2D eigenvalue weighted by Gasteiger charge is -2.08. The van der Waals surface area contributed by atoms with Crippen molar-refractivity contribution in [3.63, 3.8) is 0 Å². The summed E-state index contributed by atoms with van der Waals surface area (Å²) in [7, 11) is -3.63. The molecule has 0 spiro atoms. The smallest absolute Gasteiger partial charge is 0.206 e. The van der Waals surface area contributed by atoms with E-state index in [-0.39, 0.29) is 9.79 Å². The van der Waals surface area contributed by atoms with Gasteiger partial charge in [0.15, 0.2) is 0 Å². The van der Waals surface area contributed by atoms with Crippen molar-refractivity contribution in [3.8, 4) is 0 Å². The molecule has 6 rings (SSSR count). The van der Waals surface area contributed by atoms with Crippen LogP contribution in [0.4, 0.5) is 0 Å². The number of rotatable bonds is 10. The lowest BCUT2D eigenvalue weighted by atomic mass is 10.3. The molecule has 0 fully saturated rings. The van der Waals surface area contributed by atoms with E-state index in [0.717, 1.165) is 49.0 Å². The van der Waals surface area contributed by atoms with Crippen molar-refractivity contribution in [2.24, 2.45) is 0 Å². The molecule has 9 heteroatoms. The van der Waals surface area contributed by atoms with Crippen molar-refractivity contribution in [1.29, 1.82) is 0 Å². The second kappa shape index (κ2) is 14.9. The number of hydrogen-bond donors (Lipinski definition) is 2. The van der Waals surface area contributed by atoms with E-state index in [1.54, 1.807) is 71.3 Å². The molecule has 0 atom stereocenters. The second-order valence-corrected chi connectivity index (χ2v) is 17.4. The maximum absolute atomic E-state index is 13.4. The Hall–Kier alpha value is -2.63. The maximum Gasteiger partial charge on any atom is 0.206 e.